The fraction of sp³-hybridized carbons (Fsp3) is 0.409. The number of amides is 2. The molecule has 164 valence electrons. The Bertz CT molecular complexity index is 907. The molecule has 1 aromatic heterocycles. The fourth-order valence-corrected chi connectivity index (χ4v) is 3.87. The van der Waals surface area contributed by atoms with Gasteiger partial charge in [0.25, 0.3) is 11.8 Å². The summed E-state index contributed by atoms with van der Waals surface area (Å²) < 4.78 is 5.59. The number of hydrogen-bond donors (Lipinski definition) is 1. The minimum Gasteiger partial charge on any atom is -0.484 e. The maximum absolute atomic E-state index is 12.2. The summed E-state index contributed by atoms with van der Waals surface area (Å²) in [7, 11) is 0. The Morgan fingerprint density at radius 1 is 1.13 bits per heavy atom. The van der Waals surface area contributed by atoms with Gasteiger partial charge in [-0.3, -0.25) is 9.59 Å². The molecule has 3 rings (SSSR count). The van der Waals surface area contributed by atoms with Crippen LogP contribution >= 0.6 is 11.8 Å². The molecule has 0 aliphatic carbocycles. The highest BCUT2D eigenvalue weighted by atomic mass is 32.2. The van der Waals surface area contributed by atoms with E-state index in [2.05, 4.69) is 20.5 Å². The lowest BCUT2D eigenvalue weighted by Gasteiger charge is -2.26. The van der Waals surface area contributed by atoms with Crippen molar-refractivity contribution in [3.63, 3.8) is 0 Å². The molecule has 0 bridgehead atoms. The number of hydrazone groups is 1. The standard InChI is InChI=1S/C22H27N5O3S/c1-16-12-17(2)25-22(24-16)31-15-20(28)26-23-13-18-6-8-19(9-7-18)30-14-21(29)27-10-4-3-5-11-27/h6-9,12-13H,3-5,10-11,14-15H2,1-2H3,(H,26,28)/b23-13-. The largest absolute Gasteiger partial charge is 0.484 e. The van der Waals surface area contributed by atoms with E-state index in [0.29, 0.717) is 10.9 Å². The summed E-state index contributed by atoms with van der Waals surface area (Å²) in [6.45, 7) is 5.47. The first kappa shape index (κ1) is 22.7. The second-order valence-electron chi connectivity index (χ2n) is 7.31. The Hall–Kier alpha value is -2.94. The normalized spacial score (nSPS) is 13.9. The van der Waals surface area contributed by atoms with Gasteiger partial charge in [0.1, 0.15) is 5.75 Å². The number of nitrogens with one attached hydrogen (secondary N) is 1. The zero-order valence-electron chi connectivity index (χ0n) is 17.8. The molecule has 0 spiro atoms. The Morgan fingerprint density at radius 2 is 1.81 bits per heavy atom. The van der Waals surface area contributed by atoms with Crippen LogP contribution in [0.5, 0.6) is 5.75 Å². The SMILES string of the molecule is Cc1cc(C)nc(SCC(=O)N/N=C\c2ccc(OCC(=O)N3CCCCC3)cc2)n1. The van der Waals surface area contributed by atoms with Gasteiger partial charge < -0.3 is 9.64 Å². The van der Waals surface area contributed by atoms with Crippen LogP contribution in [-0.4, -0.2) is 58.3 Å². The van der Waals surface area contributed by atoms with Crippen LogP contribution in [0.15, 0.2) is 40.6 Å². The van der Waals surface area contributed by atoms with Crippen molar-refractivity contribution in [2.75, 3.05) is 25.4 Å². The average Bonchev–Trinajstić information content (AvgIpc) is 2.77. The average molecular weight is 442 g/mol. The predicted molar refractivity (Wildman–Crippen MR) is 120 cm³/mol. The van der Waals surface area contributed by atoms with Gasteiger partial charge in [0.15, 0.2) is 11.8 Å². The van der Waals surface area contributed by atoms with Crippen LogP contribution in [0.4, 0.5) is 0 Å². The molecule has 1 aliphatic heterocycles. The third-order valence-electron chi connectivity index (χ3n) is 4.65. The molecule has 31 heavy (non-hydrogen) atoms. The number of carbonyl (C=O) groups excluding carboxylic acids is 2. The van der Waals surface area contributed by atoms with Gasteiger partial charge in [-0.1, -0.05) is 11.8 Å². The summed E-state index contributed by atoms with van der Waals surface area (Å²) >= 11 is 1.27. The number of hydrogen-bond acceptors (Lipinski definition) is 7. The quantitative estimate of drug-likeness (QED) is 0.293. The topological polar surface area (TPSA) is 96.8 Å². The number of nitrogens with zero attached hydrogens (tertiary/aromatic N) is 4. The van der Waals surface area contributed by atoms with Crippen LogP contribution in [0.2, 0.25) is 0 Å². The summed E-state index contributed by atoms with van der Waals surface area (Å²) in [4.78, 5) is 34.5. The number of rotatable bonds is 8. The number of benzene rings is 1. The van der Waals surface area contributed by atoms with Gasteiger partial charge in [-0.15, -0.1) is 0 Å². The molecule has 0 radical (unpaired) electrons. The molecule has 2 amide bonds. The van der Waals surface area contributed by atoms with Crippen LogP contribution in [0.25, 0.3) is 0 Å². The fourth-order valence-electron chi connectivity index (χ4n) is 3.13. The maximum atomic E-state index is 12.2. The zero-order chi connectivity index (χ0) is 22.1. The van der Waals surface area contributed by atoms with E-state index >= 15 is 0 Å². The van der Waals surface area contributed by atoms with E-state index in [0.717, 1.165) is 42.9 Å². The minimum absolute atomic E-state index is 0.0251. The lowest BCUT2D eigenvalue weighted by atomic mass is 10.1. The molecule has 1 N–H and O–H groups in total. The third kappa shape index (κ3) is 7.67. The second-order valence-corrected chi connectivity index (χ2v) is 8.26. The number of piperidine rings is 1. The molecule has 1 fully saturated rings. The number of aromatic nitrogens is 2. The van der Waals surface area contributed by atoms with Gasteiger partial charge in [0.05, 0.1) is 12.0 Å². The van der Waals surface area contributed by atoms with Gasteiger partial charge >= 0.3 is 0 Å². The number of likely N-dealkylation sites (tertiary alicyclic amines) is 1. The number of ether oxygens (including phenoxy) is 1. The molecular formula is C22H27N5O3S. The number of carbonyl (C=O) groups is 2. The summed E-state index contributed by atoms with van der Waals surface area (Å²) in [5, 5.41) is 4.55. The van der Waals surface area contributed by atoms with E-state index in [9.17, 15) is 9.59 Å². The molecule has 1 aromatic carbocycles. The lowest BCUT2D eigenvalue weighted by Crippen LogP contribution is -2.38. The van der Waals surface area contributed by atoms with Crippen molar-refractivity contribution in [3.8, 4) is 5.75 Å². The summed E-state index contributed by atoms with van der Waals surface area (Å²) in [6, 6.07) is 9.07. The van der Waals surface area contributed by atoms with Crippen molar-refractivity contribution in [2.24, 2.45) is 5.10 Å². The highest BCUT2D eigenvalue weighted by Crippen LogP contribution is 2.14. The Labute approximate surface area is 186 Å². The summed E-state index contributed by atoms with van der Waals surface area (Å²) in [5.74, 6) is 0.589. The van der Waals surface area contributed by atoms with E-state index in [-0.39, 0.29) is 24.2 Å². The minimum atomic E-state index is -0.236. The van der Waals surface area contributed by atoms with E-state index < -0.39 is 0 Å². The molecule has 2 heterocycles. The van der Waals surface area contributed by atoms with Crippen molar-refractivity contribution < 1.29 is 14.3 Å². The van der Waals surface area contributed by atoms with Crippen molar-refractivity contribution >= 4 is 29.8 Å². The maximum Gasteiger partial charge on any atom is 0.260 e. The van der Waals surface area contributed by atoms with Gasteiger partial charge in [-0.05, 0) is 69.0 Å². The first-order valence-electron chi connectivity index (χ1n) is 10.3. The van der Waals surface area contributed by atoms with Crippen molar-refractivity contribution in [1.29, 1.82) is 0 Å². The van der Waals surface area contributed by atoms with Gasteiger partial charge in [-0.25, -0.2) is 15.4 Å². The third-order valence-corrected chi connectivity index (χ3v) is 5.50. The molecule has 1 saturated heterocycles. The van der Waals surface area contributed by atoms with E-state index in [1.165, 1.54) is 18.2 Å². The van der Waals surface area contributed by atoms with Crippen LogP contribution in [0.1, 0.15) is 36.2 Å². The smallest absolute Gasteiger partial charge is 0.260 e. The van der Waals surface area contributed by atoms with E-state index in [1.807, 2.05) is 36.9 Å². The van der Waals surface area contributed by atoms with E-state index in [1.54, 1.807) is 18.3 Å². The van der Waals surface area contributed by atoms with Crippen molar-refractivity contribution in [2.45, 2.75) is 38.3 Å². The highest BCUT2D eigenvalue weighted by Gasteiger charge is 2.16. The molecule has 0 atom stereocenters. The predicted octanol–water partition coefficient (Wildman–Crippen LogP) is 2.73. The Balaban J connectivity index is 1.39. The molecule has 9 heteroatoms. The molecular weight excluding hydrogens is 414 g/mol. The van der Waals surface area contributed by atoms with Gasteiger partial charge in [0.2, 0.25) is 0 Å². The second kappa shape index (κ2) is 11.5. The zero-order valence-corrected chi connectivity index (χ0v) is 18.7. The summed E-state index contributed by atoms with van der Waals surface area (Å²) in [5.41, 5.74) is 5.04. The Morgan fingerprint density at radius 3 is 2.48 bits per heavy atom. The summed E-state index contributed by atoms with van der Waals surface area (Å²) in [6.07, 6.45) is 4.87. The van der Waals surface area contributed by atoms with Crippen LogP contribution < -0.4 is 10.2 Å². The van der Waals surface area contributed by atoms with Crippen LogP contribution in [0, 0.1) is 13.8 Å². The van der Waals surface area contributed by atoms with Crippen LogP contribution in [0.3, 0.4) is 0 Å². The van der Waals surface area contributed by atoms with Gasteiger partial charge in [-0.2, -0.15) is 5.10 Å². The number of thioether (sulfide) groups is 1. The highest BCUT2D eigenvalue weighted by molar-refractivity contribution is 7.99. The van der Waals surface area contributed by atoms with Gasteiger partial charge in [0, 0.05) is 24.5 Å². The molecule has 1 aliphatic rings. The van der Waals surface area contributed by atoms with E-state index in [4.69, 9.17) is 4.74 Å². The first-order chi connectivity index (χ1) is 15.0. The molecule has 2 aromatic rings. The molecule has 0 unspecified atom stereocenters. The van der Waals surface area contributed by atoms with Crippen molar-refractivity contribution in [1.82, 2.24) is 20.3 Å². The first-order valence-corrected chi connectivity index (χ1v) is 11.3. The molecule has 8 nitrogen and oxygen atoms in total. The monoisotopic (exact) mass is 441 g/mol. The Kier molecular flexibility index (Phi) is 8.40. The van der Waals surface area contributed by atoms with Crippen molar-refractivity contribution in [3.05, 3.63) is 47.3 Å². The molecule has 0 saturated carbocycles. The van der Waals surface area contributed by atoms with Crippen LogP contribution in [-0.2, 0) is 9.59 Å². The lowest BCUT2D eigenvalue weighted by molar-refractivity contribution is -0.134. The number of aryl methyl sites for hydroxylation is 2.